The lowest BCUT2D eigenvalue weighted by Crippen LogP contribution is -2.28. The molecular formula is C59H45N3. The molecule has 0 spiro atoms. The Morgan fingerprint density at radius 1 is 0.581 bits per heavy atom. The van der Waals surface area contributed by atoms with Crippen LogP contribution in [-0.2, 0) is 17.5 Å². The summed E-state index contributed by atoms with van der Waals surface area (Å²) in [6, 6.07) is 75.4. The summed E-state index contributed by atoms with van der Waals surface area (Å²) >= 11 is 0. The maximum atomic E-state index is 5.36. The van der Waals surface area contributed by atoms with Crippen LogP contribution in [0.3, 0.4) is 0 Å². The van der Waals surface area contributed by atoms with E-state index in [9.17, 15) is 0 Å². The van der Waals surface area contributed by atoms with Crippen molar-refractivity contribution in [2.75, 3.05) is 0 Å². The standard InChI is InChI=1S/C59H45N3/c1-40-29-34-55-51(35-40)52-37-54-50(49-27-14-15-28-53(49)58(54,45-20-8-3-9-21-45)46-22-10-4-11-23-46)38-56(52)62(55)48-26-16-19-44(36-48)57-59(61-57,47-24-12-5-13-25-47)60-39-41-30-32-43(33-31-41)42-17-6-2-7-18-42/h2-34,36-40,57,61H,35H2,1H3/t40?,57?,59-/m0/s1. The molecule has 1 aromatic heterocycles. The first-order valence-electron chi connectivity index (χ1n) is 21.9. The van der Waals surface area contributed by atoms with Crippen LogP contribution in [-0.4, -0.2) is 10.8 Å². The quantitative estimate of drug-likeness (QED) is 0.121. The number of aromatic nitrogens is 1. The lowest BCUT2D eigenvalue weighted by atomic mass is 9.67. The zero-order valence-electron chi connectivity index (χ0n) is 34.6. The predicted molar refractivity (Wildman–Crippen MR) is 256 cm³/mol. The van der Waals surface area contributed by atoms with Crippen LogP contribution in [0, 0.1) is 5.92 Å². The Kier molecular flexibility index (Phi) is 8.48. The smallest absolute Gasteiger partial charge is 0.156 e. The Morgan fingerprint density at radius 3 is 1.92 bits per heavy atom. The zero-order valence-corrected chi connectivity index (χ0v) is 34.6. The number of hydrogen-bond acceptors (Lipinski definition) is 2. The van der Waals surface area contributed by atoms with Crippen LogP contribution in [0.4, 0.5) is 0 Å². The van der Waals surface area contributed by atoms with Crippen molar-refractivity contribution < 1.29 is 0 Å². The Morgan fingerprint density at radius 2 is 1.21 bits per heavy atom. The van der Waals surface area contributed by atoms with E-state index in [2.05, 4.69) is 235 Å². The molecule has 1 fully saturated rings. The summed E-state index contributed by atoms with van der Waals surface area (Å²) in [5.74, 6) is 0.445. The molecule has 1 saturated heterocycles. The largest absolute Gasteiger partial charge is 0.310 e. The molecule has 3 heteroatoms. The Hall–Kier alpha value is -7.33. The molecule has 1 aliphatic heterocycles. The lowest BCUT2D eigenvalue weighted by molar-refractivity contribution is 0.695. The second-order valence-corrected chi connectivity index (χ2v) is 17.2. The van der Waals surface area contributed by atoms with Crippen molar-refractivity contribution in [3.63, 3.8) is 0 Å². The maximum absolute atomic E-state index is 5.36. The van der Waals surface area contributed by atoms with E-state index < -0.39 is 11.1 Å². The third-order valence-electron chi connectivity index (χ3n) is 13.6. The van der Waals surface area contributed by atoms with E-state index in [4.69, 9.17) is 4.99 Å². The van der Waals surface area contributed by atoms with Gasteiger partial charge < -0.3 is 4.57 Å². The van der Waals surface area contributed by atoms with E-state index in [-0.39, 0.29) is 6.04 Å². The first-order valence-corrected chi connectivity index (χ1v) is 21.9. The highest BCUT2D eigenvalue weighted by Crippen LogP contribution is 2.58. The SMILES string of the molecule is CC1C=Cc2c(c3cc4c(cc3n2-c2cccc(C3N[C@@]3(N=Cc3ccc(-c5ccccc5)cc3)c3ccccc3)c2)-c2ccccc2C4(c2ccccc2)c2ccccc2)C1. The van der Waals surface area contributed by atoms with Crippen LogP contribution >= 0.6 is 0 Å². The second-order valence-electron chi connectivity index (χ2n) is 17.2. The average molecular weight is 796 g/mol. The molecule has 0 amide bonds. The highest BCUT2D eigenvalue weighted by Gasteiger charge is 2.56. The third kappa shape index (κ3) is 5.66. The van der Waals surface area contributed by atoms with Crippen molar-refractivity contribution in [2.24, 2.45) is 10.9 Å². The van der Waals surface area contributed by atoms with Gasteiger partial charge in [-0.3, -0.25) is 10.3 Å². The fourth-order valence-electron chi connectivity index (χ4n) is 10.7. The number of nitrogens with one attached hydrogen (secondary N) is 1. The summed E-state index contributed by atoms with van der Waals surface area (Å²) in [5.41, 5.74) is 17.8. The first-order chi connectivity index (χ1) is 30.6. The Bertz CT molecular complexity index is 3140. The van der Waals surface area contributed by atoms with Crippen molar-refractivity contribution in [3.8, 4) is 27.9 Å². The number of allylic oxidation sites excluding steroid dienone is 1. The lowest BCUT2D eigenvalue weighted by Gasteiger charge is -2.34. The summed E-state index contributed by atoms with van der Waals surface area (Å²) in [4.78, 5) is 5.36. The number of rotatable bonds is 8. The maximum Gasteiger partial charge on any atom is 0.156 e. The molecule has 3 nitrogen and oxygen atoms in total. The summed E-state index contributed by atoms with van der Waals surface area (Å²) in [6.45, 7) is 2.34. The molecule has 296 valence electrons. The molecule has 62 heavy (non-hydrogen) atoms. The fourth-order valence-corrected chi connectivity index (χ4v) is 10.7. The van der Waals surface area contributed by atoms with Crippen molar-refractivity contribution in [1.29, 1.82) is 0 Å². The van der Waals surface area contributed by atoms with Gasteiger partial charge >= 0.3 is 0 Å². The predicted octanol–water partition coefficient (Wildman–Crippen LogP) is 13.5. The summed E-state index contributed by atoms with van der Waals surface area (Å²) in [7, 11) is 0. The van der Waals surface area contributed by atoms with Crippen molar-refractivity contribution in [2.45, 2.75) is 30.5 Å². The molecule has 8 aromatic carbocycles. The molecule has 0 radical (unpaired) electrons. The summed E-state index contributed by atoms with van der Waals surface area (Å²) < 4.78 is 2.52. The molecule has 0 bridgehead atoms. The minimum atomic E-state index is -0.575. The minimum absolute atomic E-state index is 0.00592. The number of fused-ring (bicyclic) bond motifs is 6. The van der Waals surface area contributed by atoms with Crippen LogP contribution in [0.1, 0.15) is 63.2 Å². The van der Waals surface area contributed by atoms with Crippen LogP contribution < -0.4 is 5.32 Å². The number of nitrogens with zero attached hydrogens (tertiary/aromatic N) is 2. The van der Waals surface area contributed by atoms with Gasteiger partial charge in [0.15, 0.2) is 5.66 Å². The molecule has 2 unspecified atom stereocenters. The molecular weight excluding hydrogens is 751 g/mol. The van der Waals surface area contributed by atoms with Crippen LogP contribution in [0.25, 0.3) is 44.9 Å². The molecule has 0 saturated carbocycles. The van der Waals surface area contributed by atoms with Crippen LogP contribution in [0.5, 0.6) is 0 Å². The van der Waals surface area contributed by atoms with Gasteiger partial charge in [0.05, 0.1) is 17.0 Å². The normalized spacial score (nSPS) is 19.3. The summed E-state index contributed by atoms with van der Waals surface area (Å²) in [6.07, 6.45) is 7.77. The molecule has 1 N–H and O–H groups in total. The number of aliphatic imine (C=N–C) groups is 1. The van der Waals surface area contributed by atoms with Gasteiger partial charge in [-0.2, -0.15) is 0 Å². The zero-order chi connectivity index (χ0) is 41.3. The number of benzene rings is 8. The van der Waals surface area contributed by atoms with E-state index in [1.807, 2.05) is 6.21 Å². The average Bonchev–Trinajstić information content (AvgIpc) is 3.91. The van der Waals surface area contributed by atoms with E-state index >= 15 is 0 Å². The summed E-state index contributed by atoms with van der Waals surface area (Å²) in [5, 5.41) is 5.19. The molecule has 12 rings (SSSR count). The molecule has 3 aliphatic rings. The molecule has 9 aromatic rings. The van der Waals surface area contributed by atoms with Gasteiger partial charge in [0.2, 0.25) is 0 Å². The van der Waals surface area contributed by atoms with Gasteiger partial charge in [0.1, 0.15) is 0 Å². The van der Waals surface area contributed by atoms with Crippen molar-refractivity contribution >= 4 is 23.2 Å². The van der Waals surface area contributed by atoms with Crippen molar-refractivity contribution in [1.82, 2.24) is 9.88 Å². The third-order valence-corrected chi connectivity index (χ3v) is 13.6. The highest BCUT2D eigenvalue weighted by atomic mass is 15.3. The fraction of sp³-hybridized carbons (Fsp3) is 0.102. The van der Waals surface area contributed by atoms with Crippen LogP contribution in [0.2, 0.25) is 0 Å². The van der Waals surface area contributed by atoms with Crippen LogP contribution in [0.15, 0.2) is 217 Å². The van der Waals surface area contributed by atoms with E-state index in [1.54, 1.807) is 0 Å². The first kappa shape index (κ1) is 36.5. The second kappa shape index (κ2) is 14.4. The molecule has 2 heterocycles. The Labute approximate surface area is 363 Å². The Balaban J connectivity index is 0.996. The van der Waals surface area contributed by atoms with E-state index in [0.717, 1.165) is 23.2 Å². The van der Waals surface area contributed by atoms with E-state index in [1.165, 1.54) is 72.2 Å². The van der Waals surface area contributed by atoms with Gasteiger partial charge in [0, 0.05) is 23.0 Å². The van der Waals surface area contributed by atoms with E-state index in [0.29, 0.717) is 5.92 Å². The van der Waals surface area contributed by atoms with Gasteiger partial charge in [-0.05, 0) is 109 Å². The van der Waals surface area contributed by atoms with Gasteiger partial charge in [-0.25, -0.2) is 0 Å². The van der Waals surface area contributed by atoms with Gasteiger partial charge in [-0.1, -0.05) is 195 Å². The van der Waals surface area contributed by atoms with Crippen molar-refractivity contribution in [3.05, 3.63) is 263 Å². The molecule has 2 aliphatic carbocycles. The van der Waals surface area contributed by atoms with Gasteiger partial charge in [-0.15, -0.1) is 0 Å². The number of hydrogen-bond donors (Lipinski definition) is 1. The topological polar surface area (TPSA) is 39.2 Å². The molecule has 3 atom stereocenters. The highest BCUT2D eigenvalue weighted by molar-refractivity contribution is 5.99. The monoisotopic (exact) mass is 795 g/mol. The van der Waals surface area contributed by atoms with Gasteiger partial charge in [0.25, 0.3) is 0 Å². The minimum Gasteiger partial charge on any atom is -0.310 e.